The second kappa shape index (κ2) is 10.3. The number of ether oxygens (including phenoxy) is 1. The zero-order chi connectivity index (χ0) is 23.3. The first-order valence-corrected chi connectivity index (χ1v) is 10.0. The fourth-order valence-corrected chi connectivity index (χ4v) is 3.27. The van der Waals surface area contributed by atoms with Gasteiger partial charge in [0.1, 0.15) is 16.5 Å². The number of aryl methyl sites for hydroxylation is 1. The number of hydrogen-bond donors (Lipinski definition) is 2. The van der Waals surface area contributed by atoms with Crippen molar-refractivity contribution in [2.24, 2.45) is 0 Å². The van der Waals surface area contributed by atoms with Crippen molar-refractivity contribution >= 4 is 46.8 Å². The molecule has 0 unspecified atom stereocenters. The molecular formula is C21H17Cl2FN4O4. The van der Waals surface area contributed by atoms with E-state index in [1.807, 2.05) is 11.4 Å². The lowest BCUT2D eigenvalue weighted by atomic mass is 10.2. The van der Waals surface area contributed by atoms with Crippen LogP contribution in [0, 0.1) is 12.7 Å². The normalized spacial score (nSPS) is 10.5. The highest BCUT2D eigenvalue weighted by Gasteiger charge is 2.23. The molecule has 0 saturated heterocycles. The lowest BCUT2D eigenvalue weighted by Gasteiger charge is -2.08. The van der Waals surface area contributed by atoms with Crippen LogP contribution in [0.4, 0.5) is 14.9 Å². The van der Waals surface area contributed by atoms with Crippen LogP contribution in [0.3, 0.4) is 0 Å². The molecule has 0 radical (unpaired) electrons. The van der Waals surface area contributed by atoms with Gasteiger partial charge in [0, 0.05) is 5.02 Å². The molecule has 0 aliphatic carbocycles. The topological polar surface area (TPSA) is 102 Å². The molecule has 0 spiro atoms. The Bertz CT molecular complexity index is 1180. The lowest BCUT2D eigenvalue weighted by Crippen LogP contribution is -2.37. The number of aromatic nitrogens is 2. The molecule has 8 nitrogen and oxygen atoms in total. The third-order valence-electron chi connectivity index (χ3n) is 4.26. The van der Waals surface area contributed by atoms with Gasteiger partial charge in [0.25, 0.3) is 5.91 Å². The predicted octanol–water partition coefficient (Wildman–Crippen LogP) is 4.19. The van der Waals surface area contributed by atoms with E-state index in [-0.39, 0.29) is 22.9 Å². The van der Waals surface area contributed by atoms with E-state index in [0.29, 0.717) is 10.7 Å². The van der Waals surface area contributed by atoms with E-state index in [9.17, 15) is 18.8 Å². The van der Waals surface area contributed by atoms with Crippen molar-refractivity contribution < 1.29 is 23.5 Å². The number of amides is 3. The molecule has 0 bridgehead atoms. The number of urea groups is 1. The third-order valence-corrected chi connectivity index (χ3v) is 5.01. The van der Waals surface area contributed by atoms with Gasteiger partial charge in [0.15, 0.2) is 6.61 Å². The van der Waals surface area contributed by atoms with Crippen LogP contribution in [-0.4, -0.2) is 34.3 Å². The van der Waals surface area contributed by atoms with Crippen molar-refractivity contribution in [1.29, 1.82) is 0 Å². The molecule has 0 saturated carbocycles. The summed E-state index contributed by atoms with van der Waals surface area (Å²) < 4.78 is 19.9. The van der Waals surface area contributed by atoms with Crippen molar-refractivity contribution in [1.82, 2.24) is 15.1 Å². The van der Waals surface area contributed by atoms with Crippen molar-refractivity contribution in [3.05, 3.63) is 81.3 Å². The van der Waals surface area contributed by atoms with E-state index >= 15 is 0 Å². The van der Waals surface area contributed by atoms with Crippen LogP contribution in [0.1, 0.15) is 21.6 Å². The van der Waals surface area contributed by atoms with Gasteiger partial charge in [-0.25, -0.2) is 18.7 Å². The second-order valence-electron chi connectivity index (χ2n) is 6.56. The molecule has 2 N–H and O–H groups in total. The number of nitrogens with zero attached hydrogens (tertiary/aromatic N) is 2. The molecule has 3 rings (SSSR count). The molecule has 0 atom stereocenters. The zero-order valence-corrected chi connectivity index (χ0v) is 18.2. The number of imide groups is 1. The molecule has 3 amide bonds. The fourth-order valence-electron chi connectivity index (χ4n) is 2.76. The molecule has 1 aromatic heterocycles. The summed E-state index contributed by atoms with van der Waals surface area (Å²) in [6.07, 6.45) is 0. The summed E-state index contributed by atoms with van der Waals surface area (Å²) in [6, 6.07) is 11.6. The first-order valence-electron chi connectivity index (χ1n) is 9.25. The van der Waals surface area contributed by atoms with Gasteiger partial charge in [0.2, 0.25) is 0 Å². The quantitative estimate of drug-likeness (QED) is 0.517. The van der Waals surface area contributed by atoms with Crippen molar-refractivity contribution in [3.63, 3.8) is 0 Å². The van der Waals surface area contributed by atoms with Crippen LogP contribution in [-0.2, 0) is 16.1 Å². The molecule has 1 heterocycles. The van der Waals surface area contributed by atoms with Gasteiger partial charge in [0.05, 0.1) is 17.9 Å². The van der Waals surface area contributed by atoms with E-state index in [1.54, 1.807) is 25.1 Å². The van der Waals surface area contributed by atoms with E-state index in [2.05, 4.69) is 10.4 Å². The number of hydrogen-bond acceptors (Lipinski definition) is 5. The Labute approximate surface area is 192 Å². The van der Waals surface area contributed by atoms with E-state index in [1.165, 1.54) is 22.9 Å². The molecule has 0 aliphatic rings. The zero-order valence-electron chi connectivity index (χ0n) is 16.7. The van der Waals surface area contributed by atoms with Crippen LogP contribution in [0.5, 0.6) is 0 Å². The summed E-state index contributed by atoms with van der Waals surface area (Å²) in [5, 5.41) is 8.87. The van der Waals surface area contributed by atoms with Gasteiger partial charge in [-0.3, -0.25) is 10.1 Å². The SMILES string of the molecule is Cc1nn(Cc2ccccc2Cl)c(Cl)c1C(=O)OCC(=O)NC(=O)Nc1ccccc1F. The Balaban J connectivity index is 1.58. The summed E-state index contributed by atoms with van der Waals surface area (Å²) >= 11 is 12.4. The average molecular weight is 479 g/mol. The first kappa shape index (κ1) is 23.2. The molecule has 166 valence electrons. The Kier molecular flexibility index (Phi) is 7.45. The minimum atomic E-state index is -0.974. The molecule has 3 aromatic rings. The number of carbonyl (C=O) groups excluding carboxylic acids is 3. The van der Waals surface area contributed by atoms with Crippen LogP contribution < -0.4 is 10.6 Å². The third kappa shape index (κ3) is 5.63. The first-order chi connectivity index (χ1) is 15.3. The Morgan fingerprint density at radius 2 is 1.78 bits per heavy atom. The summed E-state index contributed by atoms with van der Waals surface area (Å²) in [5.74, 6) is -2.47. The summed E-state index contributed by atoms with van der Waals surface area (Å²) in [6.45, 7) is 1.03. The average Bonchev–Trinajstić information content (AvgIpc) is 3.02. The van der Waals surface area contributed by atoms with Gasteiger partial charge in [-0.05, 0) is 30.7 Å². The smallest absolute Gasteiger partial charge is 0.343 e. The van der Waals surface area contributed by atoms with Crippen molar-refractivity contribution in [2.75, 3.05) is 11.9 Å². The number of halogens is 3. The van der Waals surface area contributed by atoms with Gasteiger partial charge >= 0.3 is 12.0 Å². The van der Waals surface area contributed by atoms with E-state index in [0.717, 1.165) is 11.6 Å². The largest absolute Gasteiger partial charge is 0.452 e. The molecule has 0 aliphatic heterocycles. The van der Waals surface area contributed by atoms with Gasteiger partial charge in [-0.2, -0.15) is 5.10 Å². The Morgan fingerprint density at radius 3 is 2.50 bits per heavy atom. The van der Waals surface area contributed by atoms with Gasteiger partial charge < -0.3 is 10.1 Å². The maximum atomic E-state index is 13.5. The number of benzene rings is 2. The standard InChI is InChI=1S/C21H17Cl2FN4O4/c1-12-18(19(23)28(27-12)10-13-6-2-3-7-14(13)22)20(30)32-11-17(29)26-21(31)25-16-9-5-4-8-15(16)24/h2-9H,10-11H2,1H3,(H2,25,26,29,31). The highest BCUT2D eigenvalue weighted by Crippen LogP contribution is 2.24. The van der Waals surface area contributed by atoms with Gasteiger partial charge in [-0.1, -0.05) is 53.5 Å². The fraction of sp³-hybridized carbons (Fsp3) is 0.143. The van der Waals surface area contributed by atoms with Crippen LogP contribution in [0.2, 0.25) is 10.2 Å². The van der Waals surface area contributed by atoms with Crippen LogP contribution in [0.25, 0.3) is 0 Å². The highest BCUT2D eigenvalue weighted by atomic mass is 35.5. The number of nitrogens with one attached hydrogen (secondary N) is 2. The number of esters is 1. The van der Waals surface area contributed by atoms with Crippen LogP contribution in [0.15, 0.2) is 48.5 Å². The number of anilines is 1. The minimum Gasteiger partial charge on any atom is -0.452 e. The van der Waals surface area contributed by atoms with E-state index in [4.69, 9.17) is 27.9 Å². The van der Waals surface area contributed by atoms with Crippen LogP contribution >= 0.6 is 23.2 Å². The van der Waals surface area contributed by atoms with Crippen molar-refractivity contribution in [2.45, 2.75) is 13.5 Å². The monoisotopic (exact) mass is 478 g/mol. The maximum Gasteiger partial charge on any atom is 0.343 e. The molecule has 11 heteroatoms. The maximum absolute atomic E-state index is 13.5. The molecule has 2 aromatic carbocycles. The number of carbonyl (C=O) groups is 3. The lowest BCUT2D eigenvalue weighted by molar-refractivity contribution is -0.123. The summed E-state index contributed by atoms with van der Waals surface area (Å²) in [7, 11) is 0. The van der Waals surface area contributed by atoms with E-state index < -0.39 is 30.3 Å². The predicted molar refractivity (Wildman–Crippen MR) is 116 cm³/mol. The summed E-state index contributed by atoms with van der Waals surface area (Å²) in [5.41, 5.74) is 0.925. The summed E-state index contributed by atoms with van der Waals surface area (Å²) in [4.78, 5) is 36.1. The second-order valence-corrected chi connectivity index (χ2v) is 7.32. The molecule has 0 fully saturated rings. The minimum absolute atomic E-state index is 0.0117. The highest BCUT2D eigenvalue weighted by molar-refractivity contribution is 6.33. The molecule has 32 heavy (non-hydrogen) atoms. The molecular weight excluding hydrogens is 462 g/mol. The van der Waals surface area contributed by atoms with Crippen molar-refractivity contribution in [3.8, 4) is 0 Å². The number of rotatable bonds is 6. The van der Waals surface area contributed by atoms with Gasteiger partial charge in [-0.15, -0.1) is 0 Å². The Hall–Kier alpha value is -3.43. The Morgan fingerprint density at radius 1 is 1.09 bits per heavy atom. The number of para-hydroxylation sites is 1.